The molecule has 3 aromatic rings. The molecule has 2 aromatic carbocycles. The highest BCUT2D eigenvalue weighted by Gasteiger charge is 2.09. The number of unbranched alkanes of at least 4 members (excludes halogenated alkanes) is 3. The number of nitrogens with one attached hydrogen (secondary N) is 2. The summed E-state index contributed by atoms with van der Waals surface area (Å²) in [4.78, 5) is 7.94. The SMILES string of the molecule is CCCCCCC(C)NCC(O)COc1ccc(-c2nc3ccccc3[nH]2)cc1. The zero-order chi connectivity index (χ0) is 20.5. The van der Waals surface area contributed by atoms with Crippen molar-refractivity contribution in [2.24, 2.45) is 0 Å². The van der Waals surface area contributed by atoms with Crippen molar-refractivity contribution in [3.05, 3.63) is 48.5 Å². The van der Waals surface area contributed by atoms with Crippen LogP contribution in [0.1, 0.15) is 46.0 Å². The van der Waals surface area contributed by atoms with E-state index in [4.69, 9.17) is 4.74 Å². The topological polar surface area (TPSA) is 70.2 Å². The van der Waals surface area contributed by atoms with E-state index in [2.05, 4.69) is 29.1 Å². The molecule has 0 aliphatic carbocycles. The predicted molar refractivity (Wildman–Crippen MR) is 119 cm³/mol. The average molecular weight is 396 g/mol. The van der Waals surface area contributed by atoms with Gasteiger partial charge in [-0.15, -0.1) is 0 Å². The van der Waals surface area contributed by atoms with E-state index in [0.717, 1.165) is 34.6 Å². The molecule has 2 unspecified atom stereocenters. The Morgan fingerprint density at radius 2 is 1.86 bits per heavy atom. The van der Waals surface area contributed by atoms with Crippen molar-refractivity contribution in [1.29, 1.82) is 0 Å². The van der Waals surface area contributed by atoms with Gasteiger partial charge in [0.25, 0.3) is 0 Å². The highest BCUT2D eigenvalue weighted by molar-refractivity contribution is 5.79. The van der Waals surface area contributed by atoms with Gasteiger partial charge in [-0.2, -0.15) is 0 Å². The van der Waals surface area contributed by atoms with Crippen LogP contribution in [0.25, 0.3) is 22.4 Å². The molecule has 0 aliphatic rings. The van der Waals surface area contributed by atoms with Gasteiger partial charge in [0.15, 0.2) is 0 Å². The van der Waals surface area contributed by atoms with E-state index in [9.17, 15) is 5.11 Å². The van der Waals surface area contributed by atoms with E-state index in [1.807, 2.05) is 48.5 Å². The number of aromatic amines is 1. The lowest BCUT2D eigenvalue weighted by atomic mass is 10.1. The Morgan fingerprint density at radius 1 is 1.07 bits per heavy atom. The third-order valence-electron chi connectivity index (χ3n) is 5.15. The van der Waals surface area contributed by atoms with Crippen LogP contribution >= 0.6 is 0 Å². The molecule has 0 saturated carbocycles. The van der Waals surface area contributed by atoms with Crippen LogP contribution < -0.4 is 10.1 Å². The number of aliphatic hydroxyl groups excluding tert-OH is 1. The molecule has 0 aliphatic heterocycles. The lowest BCUT2D eigenvalue weighted by molar-refractivity contribution is 0.104. The monoisotopic (exact) mass is 395 g/mol. The molecule has 5 nitrogen and oxygen atoms in total. The second-order valence-corrected chi connectivity index (χ2v) is 7.75. The Balaban J connectivity index is 1.41. The minimum atomic E-state index is -0.525. The largest absolute Gasteiger partial charge is 0.491 e. The van der Waals surface area contributed by atoms with Crippen molar-refractivity contribution in [3.8, 4) is 17.1 Å². The van der Waals surface area contributed by atoms with Gasteiger partial charge in [0.05, 0.1) is 11.0 Å². The second kappa shape index (κ2) is 11.0. The van der Waals surface area contributed by atoms with Crippen LogP contribution in [0, 0.1) is 0 Å². The van der Waals surface area contributed by atoms with E-state index < -0.39 is 6.10 Å². The van der Waals surface area contributed by atoms with Crippen LogP contribution in [0.2, 0.25) is 0 Å². The number of H-pyrrole nitrogens is 1. The Bertz CT molecular complexity index is 827. The molecule has 29 heavy (non-hydrogen) atoms. The summed E-state index contributed by atoms with van der Waals surface area (Å²) in [6.07, 6.45) is 5.72. The number of aromatic nitrogens is 2. The minimum Gasteiger partial charge on any atom is -0.491 e. The standard InChI is InChI=1S/C24H33N3O2/c1-3-4-5-6-9-18(2)25-16-20(28)17-29-21-14-12-19(13-15-21)24-26-22-10-7-8-11-23(22)27-24/h7-8,10-15,18,20,25,28H,3-6,9,16-17H2,1-2H3,(H,26,27). The number of rotatable bonds is 12. The molecule has 0 fully saturated rings. The molecule has 0 bridgehead atoms. The highest BCUT2D eigenvalue weighted by Crippen LogP contribution is 2.22. The number of para-hydroxylation sites is 2. The Labute approximate surface area is 173 Å². The van der Waals surface area contributed by atoms with Crippen LogP contribution in [0.15, 0.2) is 48.5 Å². The quantitative estimate of drug-likeness (QED) is 0.381. The van der Waals surface area contributed by atoms with Gasteiger partial charge in [-0.1, -0.05) is 44.7 Å². The fourth-order valence-corrected chi connectivity index (χ4v) is 3.37. The molecule has 156 valence electrons. The summed E-state index contributed by atoms with van der Waals surface area (Å²) in [5.74, 6) is 1.59. The van der Waals surface area contributed by atoms with Crippen molar-refractivity contribution in [2.75, 3.05) is 13.2 Å². The Morgan fingerprint density at radius 3 is 2.62 bits per heavy atom. The average Bonchev–Trinajstić information content (AvgIpc) is 3.18. The summed E-state index contributed by atoms with van der Waals surface area (Å²) in [6, 6.07) is 16.2. The van der Waals surface area contributed by atoms with E-state index >= 15 is 0 Å². The van der Waals surface area contributed by atoms with Gasteiger partial charge >= 0.3 is 0 Å². The minimum absolute atomic E-state index is 0.277. The second-order valence-electron chi connectivity index (χ2n) is 7.75. The van der Waals surface area contributed by atoms with E-state index in [-0.39, 0.29) is 6.61 Å². The Kier molecular flexibility index (Phi) is 8.08. The van der Waals surface area contributed by atoms with Crippen LogP contribution in [0.4, 0.5) is 0 Å². The molecule has 1 aromatic heterocycles. The number of hydrogen-bond acceptors (Lipinski definition) is 4. The number of hydrogen-bond donors (Lipinski definition) is 3. The fraction of sp³-hybridized carbons (Fsp3) is 0.458. The number of ether oxygens (including phenoxy) is 1. The van der Waals surface area contributed by atoms with Crippen molar-refractivity contribution in [3.63, 3.8) is 0 Å². The lowest BCUT2D eigenvalue weighted by Crippen LogP contribution is -2.36. The summed E-state index contributed by atoms with van der Waals surface area (Å²) in [5.41, 5.74) is 2.99. The zero-order valence-corrected chi connectivity index (χ0v) is 17.5. The summed E-state index contributed by atoms with van der Waals surface area (Å²) in [5, 5.41) is 13.6. The summed E-state index contributed by atoms with van der Waals surface area (Å²) in [7, 11) is 0. The van der Waals surface area contributed by atoms with Gasteiger partial charge in [0.2, 0.25) is 0 Å². The summed E-state index contributed by atoms with van der Waals surface area (Å²) < 4.78 is 5.74. The first-order valence-corrected chi connectivity index (χ1v) is 10.7. The fourth-order valence-electron chi connectivity index (χ4n) is 3.37. The first-order chi connectivity index (χ1) is 14.2. The van der Waals surface area contributed by atoms with E-state index in [0.29, 0.717) is 12.6 Å². The van der Waals surface area contributed by atoms with Crippen molar-refractivity contribution >= 4 is 11.0 Å². The Hall–Kier alpha value is -2.37. The third-order valence-corrected chi connectivity index (χ3v) is 5.15. The molecule has 0 radical (unpaired) electrons. The van der Waals surface area contributed by atoms with E-state index in [1.54, 1.807) is 0 Å². The molecule has 0 spiro atoms. The van der Waals surface area contributed by atoms with Crippen LogP contribution in [0.3, 0.4) is 0 Å². The maximum absolute atomic E-state index is 10.2. The molecule has 2 atom stereocenters. The highest BCUT2D eigenvalue weighted by atomic mass is 16.5. The first kappa shape index (κ1) is 21.3. The van der Waals surface area contributed by atoms with Gasteiger partial charge < -0.3 is 20.1 Å². The van der Waals surface area contributed by atoms with Crippen LogP contribution in [-0.4, -0.2) is 40.4 Å². The van der Waals surface area contributed by atoms with Crippen LogP contribution in [0.5, 0.6) is 5.75 Å². The molecular weight excluding hydrogens is 362 g/mol. The maximum atomic E-state index is 10.2. The predicted octanol–water partition coefficient (Wildman–Crippen LogP) is 4.92. The van der Waals surface area contributed by atoms with Crippen molar-refractivity contribution in [1.82, 2.24) is 15.3 Å². The number of nitrogens with zero attached hydrogens (tertiary/aromatic N) is 1. The van der Waals surface area contributed by atoms with E-state index in [1.165, 1.54) is 25.7 Å². The molecule has 3 rings (SSSR count). The third kappa shape index (κ3) is 6.58. The van der Waals surface area contributed by atoms with Crippen molar-refractivity contribution in [2.45, 2.75) is 58.1 Å². The molecule has 5 heteroatoms. The number of benzene rings is 2. The molecule has 0 saturated heterocycles. The molecular formula is C24H33N3O2. The normalized spacial score (nSPS) is 13.5. The number of fused-ring (bicyclic) bond motifs is 1. The number of aliphatic hydroxyl groups is 1. The van der Waals surface area contributed by atoms with Gasteiger partial charge in [-0.25, -0.2) is 4.98 Å². The van der Waals surface area contributed by atoms with Crippen molar-refractivity contribution < 1.29 is 9.84 Å². The van der Waals surface area contributed by atoms with Crippen LogP contribution in [-0.2, 0) is 0 Å². The van der Waals surface area contributed by atoms with Gasteiger partial charge in [0.1, 0.15) is 24.3 Å². The molecule has 3 N–H and O–H groups in total. The zero-order valence-electron chi connectivity index (χ0n) is 17.5. The summed E-state index contributed by atoms with van der Waals surface area (Å²) in [6.45, 7) is 5.23. The molecule has 1 heterocycles. The smallest absolute Gasteiger partial charge is 0.138 e. The number of imidazole rings is 1. The van der Waals surface area contributed by atoms with Gasteiger partial charge in [-0.3, -0.25) is 0 Å². The lowest BCUT2D eigenvalue weighted by Gasteiger charge is -2.17. The molecule has 0 amide bonds. The maximum Gasteiger partial charge on any atom is 0.138 e. The van der Waals surface area contributed by atoms with Gasteiger partial charge in [-0.05, 0) is 49.7 Å². The summed E-state index contributed by atoms with van der Waals surface area (Å²) >= 11 is 0. The van der Waals surface area contributed by atoms with Gasteiger partial charge in [0, 0.05) is 18.2 Å². The first-order valence-electron chi connectivity index (χ1n) is 10.7.